The number of likely N-dealkylation sites (tertiary alicyclic amines) is 1. The average Bonchev–Trinajstić information content (AvgIpc) is 3.13. The summed E-state index contributed by atoms with van der Waals surface area (Å²) in [6.07, 6.45) is 0.637. The summed E-state index contributed by atoms with van der Waals surface area (Å²) in [6.45, 7) is 3.08. The highest BCUT2D eigenvalue weighted by atomic mass is 16.4. The first kappa shape index (κ1) is 25.3. The van der Waals surface area contributed by atoms with Gasteiger partial charge in [-0.2, -0.15) is 0 Å². The van der Waals surface area contributed by atoms with Gasteiger partial charge >= 0.3 is 5.97 Å². The summed E-state index contributed by atoms with van der Waals surface area (Å²) in [5.41, 5.74) is 10.7. The summed E-state index contributed by atoms with van der Waals surface area (Å²) >= 11 is 0. The van der Waals surface area contributed by atoms with Crippen LogP contribution in [-0.4, -0.2) is 82.0 Å². The van der Waals surface area contributed by atoms with E-state index < -0.39 is 60.4 Å². The Morgan fingerprint density at radius 1 is 1.13 bits per heavy atom. The highest BCUT2D eigenvalue weighted by Crippen LogP contribution is 2.19. The zero-order chi connectivity index (χ0) is 23.0. The minimum Gasteiger partial charge on any atom is -0.480 e. The van der Waals surface area contributed by atoms with Crippen LogP contribution in [0.2, 0.25) is 0 Å². The topological polar surface area (TPSA) is 205 Å². The smallest absolute Gasteiger partial charge is 0.326 e. The van der Waals surface area contributed by atoms with E-state index >= 15 is 0 Å². The van der Waals surface area contributed by atoms with Gasteiger partial charge in [0.15, 0.2) is 0 Å². The first-order chi connectivity index (χ1) is 14.0. The van der Waals surface area contributed by atoms with Gasteiger partial charge in [-0.15, -0.1) is 0 Å². The first-order valence-electron chi connectivity index (χ1n) is 9.76. The summed E-state index contributed by atoms with van der Waals surface area (Å²) in [5.74, 6) is -4.12. The molecule has 1 fully saturated rings. The third kappa shape index (κ3) is 7.26. The summed E-state index contributed by atoms with van der Waals surface area (Å²) in [5, 5.41) is 23.4. The van der Waals surface area contributed by atoms with Crippen LogP contribution in [0.3, 0.4) is 0 Å². The Balaban J connectivity index is 2.79. The van der Waals surface area contributed by atoms with E-state index in [1.807, 2.05) is 0 Å². The van der Waals surface area contributed by atoms with Gasteiger partial charge in [0.25, 0.3) is 0 Å². The fraction of sp³-hybridized carbons (Fsp3) is 0.722. The Bertz CT molecular complexity index is 669. The molecular formula is C18H31N5O7. The molecule has 1 heterocycles. The lowest BCUT2D eigenvalue weighted by atomic mass is 10.0. The number of hydrogen-bond acceptors (Lipinski definition) is 7. The minimum absolute atomic E-state index is 0.00348. The molecule has 4 amide bonds. The maximum atomic E-state index is 12.6. The van der Waals surface area contributed by atoms with Gasteiger partial charge in [-0.25, -0.2) is 4.79 Å². The number of rotatable bonds is 11. The summed E-state index contributed by atoms with van der Waals surface area (Å²) in [7, 11) is 0. The molecular weight excluding hydrogens is 398 g/mol. The van der Waals surface area contributed by atoms with E-state index in [9.17, 15) is 34.2 Å². The van der Waals surface area contributed by atoms with Crippen LogP contribution in [0.15, 0.2) is 0 Å². The van der Waals surface area contributed by atoms with Crippen LogP contribution in [0.1, 0.15) is 39.5 Å². The van der Waals surface area contributed by atoms with Crippen molar-refractivity contribution in [2.24, 2.45) is 17.4 Å². The molecule has 12 nitrogen and oxygen atoms in total. The number of carbonyl (C=O) groups excluding carboxylic acids is 4. The predicted molar refractivity (Wildman–Crippen MR) is 105 cm³/mol. The molecule has 1 saturated heterocycles. The number of hydrogen-bond donors (Lipinski definition) is 6. The minimum atomic E-state index is -1.39. The zero-order valence-electron chi connectivity index (χ0n) is 17.2. The Morgan fingerprint density at radius 2 is 1.77 bits per heavy atom. The van der Waals surface area contributed by atoms with E-state index in [4.69, 9.17) is 11.5 Å². The van der Waals surface area contributed by atoms with E-state index in [0.717, 1.165) is 0 Å². The molecule has 30 heavy (non-hydrogen) atoms. The van der Waals surface area contributed by atoms with Crippen molar-refractivity contribution in [1.29, 1.82) is 0 Å². The van der Waals surface area contributed by atoms with Crippen LogP contribution in [-0.2, 0) is 24.0 Å². The number of carboxylic acid groups (broad SMARTS) is 1. The van der Waals surface area contributed by atoms with Gasteiger partial charge in [-0.3, -0.25) is 19.2 Å². The summed E-state index contributed by atoms with van der Waals surface area (Å²) < 4.78 is 0. The van der Waals surface area contributed by atoms with E-state index in [0.29, 0.717) is 12.8 Å². The molecule has 8 N–H and O–H groups in total. The second-order valence-corrected chi connectivity index (χ2v) is 7.74. The van der Waals surface area contributed by atoms with Crippen molar-refractivity contribution < 1.29 is 34.2 Å². The van der Waals surface area contributed by atoms with E-state index in [1.54, 1.807) is 13.8 Å². The number of primary amides is 1. The molecule has 4 unspecified atom stereocenters. The summed E-state index contributed by atoms with van der Waals surface area (Å²) in [4.78, 5) is 60.9. The molecule has 0 aromatic heterocycles. The zero-order valence-corrected chi connectivity index (χ0v) is 17.2. The number of aliphatic carboxylic acids is 1. The average molecular weight is 429 g/mol. The molecule has 170 valence electrons. The largest absolute Gasteiger partial charge is 0.480 e. The van der Waals surface area contributed by atoms with Crippen LogP contribution >= 0.6 is 0 Å². The molecule has 0 radical (unpaired) electrons. The Hall–Kier alpha value is -2.73. The third-order valence-electron chi connectivity index (χ3n) is 4.71. The van der Waals surface area contributed by atoms with Crippen molar-refractivity contribution in [3.63, 3.8) is 0 Å². The van der Waals surface area contributed by atoms with E-state index in [2.05, 4.69) is 10.6 Å². The molecule has 0 aromatic rings. The number of nitrogens with one attached hydrogen (secondary N) is 2. The third-order valence-corrected chi connectivity index (χ3v) is 4.71. The predicted octanol–water partition coefficient (Wildman–Crippen LogP) is -2.73. The second kappa shape index (κ2) is 11.5. The molecule has 1 aliphatic heterocycles. The van der Waals surface area contributed by atoms with Gasteiger partial charge in [-0.1, -0.05) is 13.8 Å². The fourth-order valence-corrected chi connectivity index (χ4v) is 3.25. The number of carboxylic acids is 1. The monoisotopic (exact) mass is 429 g/mol. The van der Waals surface area contributed by atoms with Crippen LogP contribution in [0, 0.1) is 5.92 Å². The molecule has 0 spiro atoms. The molecule has 1 rings (SSSR count). The molecule has 0 aromatic carbocycles. The molecule has 4 atom stereocenters. The van der Waals surface area contributed by atoms with Gasteiger partial charge in [0.05, 0.1) is 19.1 Å². The highest BCUT2D eigenvalue weighted by Gasteiger charge is 2.38. The summed E-state index contributed by atoms with van der Waals surface area (Å²) in [6, 6.07) is -4.66. The number of nitrogens with zero attached hydrogens (tertiary/aromatic N) is 1. The Morgan fingerprint density at radius 3 is 2.27 bits per heavy atom. The second-order valence-electron chi connectivity index (χ2n) is 7.74. The number of amides is 4. The van der Waals surface area contributed by atoms with Crippen molar-refractivity contribution in [3.05, 3.63) is 0 Å². The molecule has 0 bridgehead atoms. The molecule has 0 saturated carbocycles. The highest BCUT2D eigenvalue weighted by molar-refractivity contribution is 5.95. The maximum Gasteiger partial charge on any atom is 0.326 e. The SMILES string of the molecule is CC(C)CC(NC(=O)C(CO)NC(=O)C1CCCN1C(=O)C(N)CC(N)=O)C(=O)O. The van der Waals surface area contributed by atoms with Crippen molar-refractivity contribution in [1.82, 2.24) is 15.5 Å². The van der Waals surface area contributed by atoms with Crippen molar-refractivity contribution >= 4 is 29.6 Å². The van der Waals surface area contributed by atoms with Crippen molar-refractivity contribution in [2.45, 2.75) is 63.7 Å². The standard InChI is InChI=1S/C18H31N5O7/c1-9(2)6-11(18(29)30)21-15(26)12(8-24)22-16(27)13-4-3-5-23(13)17(28)10(19)7-14(20)25/h9-13,24H,3-8,19H2,1-2H3,(H2,20,25)(H,21,26)(H,22,27)(H,29,30). The van der Waals surface area contributed by atoms with Gasteiger partial charge in [0.2, 0.25) is 23.6 Å². The van der Waals surface area contributed by atoms with Crippen molar-refractivity contribution in [2.75, 3.05) is 13.2 Å². The fourth-order valence-electron chi connectivity index (χ4n) is 3.25. The Kier molecular flexibility index (Phi) is 9.66. The van der Waals surface area contributed by atoms with Gasteiger partial charge in [0, 0.05) is 6.54 Å². The normalized spacial score (nSPS) is 19.1. The molecule has 1 aliphatic rings. The lowest BCUT2D eigenvalue weighted by molar-refractivity contribution is -0.143. The number of carbonyl (C=O) groups is 5. The number of aliphatic hydroxyl groups excluding tert-OH is 1. The maximum absolute atomic E-state index is 12.6. The van der Waals surface area contributed by atoms with Gasteiger partial charge in [-0.05, 0) is 25.2 Å². The van der Waals surface area contributed by atoms with E-state index in [1.165, 1.54) is 4.90 Å². The van der Waals surface area contributed by atoms with Gasteiger partial charge in [0.1, 0.15) is 18.1 Å². The quantitative estimate of drug-likeness (QED) is 0.203. The number of nitrogens with two attached hydrogens (primary N) is 2. The lowest BCUT2D eigenvalue weighted by Gasteiger charge is -2.28. The van der Waals surface area contributed by atoms with Crippen LogP contribution in [0.25, 0.3) is 0 Å². The van der Waals surface area contributed by atoms with Crippen LogP contribution in [0.4, 0.5) is 0 Å². The van der Waals surface area contributed by atoms with Crippen molar-refractivity contribution in [3.8, 4) is 0 Å². The lowest BCUT2D eigenvalue weighted by Crippen LogP contribution is -2.57. The van der Waals surface area contributed by atoms with E-state index in [-0.39, 0.29) is 25.3 Å². The van der Waals surface area contributed by atoms with Gasteiger partial charge < -0.3 is 37.2 Å². The molecule has 12 heteroatoms. The first-order valence-corrected chi connectivity index (χ1v) is 9.76. The number of aliphatic hydroxyl groups is 1. The molecule has 0 aliphatic carbocycles. The van der Waals surface area contributed by atoms with Crippen LogP contribution in [0.5, 0.6) is 0 Å². The van der Waals surface area contributed by atoms with Crippen LogP contribution < -0.4 is 22.1 Å². The Labute approximate surface area is 174 Å².